The normalized spacial score (nSPS) is 22.6. The van der Waals surface area contributed by atoms with Crippen LogP contribution in [0.3, 0.4) is 0 Å². The number of allylic oxidation sites excluding steroid dienone is 1. The molecule has 1 unspecified atom stereocenters. The van der Waals surface area contributed by atoms with Gasteiger partial charge in [-0.25, -0.2) is 0 Å². The lowest BCUT2D eigenvalue weighted by molar-refractivity contribution is -0.101. The molecule has 0 aromatic heterocycles. The van der Waals surface area contributed by atoms with E-state index in [1.54, 1.807) is 0 Å². The predicted octanol–water partition coefficient (Wildman–Crippen LogP) is 2.21. The molecule has 0 amide bonds. The van der Waals surface area contributed by atoms with Crippen molar-refractivity contribution >= 4 is 0 Å². The summed E-state index contributed by atoms with van der Waals surface area (Å²) in [6.07, 6.45) is 1.92. The lowest BCUT2D eigenvalue weighted by Crippen LogP contribution is -2.31. The van der Waals surface area contributed by atoms with Crippen molar-refractivity contribution in [3.8, 4) is 0 Å². The maximum Gasteiger partial charge on any atom is 0.161 e. The maximum absolute atomic E-state index is 5.43. The van der Waals surface area contributed by atoms with Gasteiger partial charge in [0.05, 0.1) is 13.2 Å². The Balaban J connectivity index is 2.55. The van der Waals surface area contributed by atoms with Gasteiger partial charge in [0.25, 0.3) is 0 Å². The first-order valence-corrected chi connectivity index (χ1v) is 4.45. The van der Waals surface area contributed by atoms with Crippen LogP contribution in [0.15, 0.2) is 12.7 Å². The van der Waals surface area contributed by atoms with Gasteiger partial charge >= 0.3 is 0 Å². The molecule has 1 atom stereocenters. The fourth-order valence-corrected chi connectivity index (χ4v) is 1.20. The summed E-state index contributed by atoms with van der Waals surface area (Å²) in [4.78, 5) is 0. The van der Waals surface area contributed by atoms with Gasteiger partial charge in [-0.3, -0.25) is 0 Å². The number of hydrogen-bond acceptors (Lipinski definition) is 2. The molecule has 0 spiro atoms. The minimum Gasteiger partial charge on any atom is -0.350 e. The van der Waals surface area contributed by atoms with Crippen molar-refractivity contribution in [3.63, 3.8) is 0 Å². The molecule has 0 bridgehead atoms. The van der Waals surface area contributed by atoms with Gasteiger partial charge in [0.15, 0.2) is 6.29 Å². The van der Waals surface area contributed by atoms with Gasteiger partial charge in [0.2, 0.25) is 0 Å². The van der Waals surface area contributed by atoms with Crippen LogP contribution in [0.5, 0.6) is 0 Å². The van der Waals surface area contributed by atoms with Crippen molar-refractivity contribution in [2.24, 2.45) is 11.3 Å². The summed E-state index contributed by atoms with van der Waals surface area (Å²) >= 11 is 0. The topological polar surface area (TPSA) is 18.5 Å². The summed E-state index contributed by atoms with van der Waals surface area (Å²) in [5.41, 5.74) is 0.0784. The molecular formula is C10H18O2. The predicted molar refractivity (Wildman–Crippen MR) is 48.8 cm³/mol. The van der Waals surface area contributed by atoms with E-state index in [0.717, 1.165) is 13.2 Å². The van der Waals surface area contributed by atoms with Crippen molar-refractivity contribution in [2.45, 2.75) is 27.1 Å². The fraction of sp³-hybridized carbons (Fsp3) is 0.800. The SMILES string of the molecule is C=CC(C)(C)C(C)C1OCCO1. The van der Waals surface area contributed by atoms with Crippen LogP contribution in [0.2, 0.25) is 0 Å². The Hall–Kier alpha value is -0.340. The highest BCUT2D eigenvalue weighted by molar-refractivity contribution is 4.92. The Morgan fingerprint density at radius 1 is 1.42 bits per heavy atom. The first-order valence-electron chi connectivity index (χ1n) is 4.45. The molecule has 0 radical (unpaired) electrons. The quantitative estimate of drug-likeness (QED) is 0.604. The summed E-state index contributed by atoms with van der Waals surface area (Å²) in [6.45, 7) is 11.7. The Bertz CT molecular complexity index is 157. The lowest BCUT2D eigenvalue weighted by Gasteiger charge is -2.31. The van der Waals surface area contributed by atoms with E-state index in [9.17, 15) is 0 Å². The third-order valence-corrected chi connectivity index (χ3v) is 2.76. The van der Waals surface area contributed by atoms with Gasteiger partial charge in [-0.05, 0) is 5.41 Å². The van der Waals surface area contributed by atoms with Gasteiger partial charge in [0, 0.05) is 5.92 Å². The zero-order valence-corrected chi connectivity index (χ0v) is 8.17. The molecule has 1 rings (SSSR count). The summed E-state index contributed by atoms with van der Waals surface area (Å²) in [7, 11) is 0. The molecule has 1 fully saturated rings. The second-order valence-corrected chi connectivity index (χ2v) is 3.92. The highest BCUT2D eigenvalue weighted by atomic mass is 16.7. The molecule has 0 aliphatic carbocycles. The molecule has 1 heterocycles. The van der Waals surface area contributed by atoms with Crippen LogP contribution in [0, 0.1) is 11.3 Å². The van der Waals surface area contributed by atoms with E-state index in [4.69, 9.17) is 9.47 Å². The first-order chi connectivity index (χ1) is 5.58. The molecule has 2 heteroatoms. The molecule has 0 aromatic carbocycles. The summed E-state index contributed by atoms with van der Waals surface area (Å²) < 4.78 is 10.9. The van der Waals surface area contributed by atoms with Crippen LogP contribution in [-0.2, 0) is 9.47 Å². The van der Waals surface area contributed by atoms with E-state index in [0.29, 0.717) is 5.92 Å². The van der Waals surface area contributed by atoms with E-state index < -0.39 is 0 Å². The maximum atomic E-state index is 5.43. The van der Waals surface area contributed by atoms with Crippen molar-refractivity contribution in [1.29, 1.82) is 0 Å². The monoisotopic (exact) mass is 170 g/mol. The fourth-order valence-electron chi connectivity index (χ4n) is 1.20. The second kappa shape index (κ2) is 3.58. The Morgan fingerprint density at radius 2 is 1.92 bits per heavy atom. The molecule has 2 nitrogen and oxygen atoms in total. The lowest BCUT2D eigenvalue weighted by atomic mass is 9.80. The number of hydrogen-bond donors (Lipinski definition) is 0. The van der Waals surface area contributed by atoms with Gasteiger partial charge in [-0.15, -0.1) is 6.58 Å². The molecule has 12 heavy (non-hydrogen) atoms. The Morgan fingerprint density at radius 3 is 2.33 bits per heavy atom. The molecule has 70 valence electrons. The summed E-state index contributed by atoms with van der Waals surface area (Å²) in [6, 6.07) is 0. The van der Waals surface area contributed by atoms with Crippen molar-refractivity contribution in [2.75, 3.05) is 13.2 Å². The molecule has 1 saturated heterocycles. The van der Waals surface area contributed by atoms with Crippen LogP contribution in [0.4, 0.5) is 0 Å². The molecule has 0 aromatic rings. The zero-order chi connectivity index (χ0) is 9.19. The number of rotatable bonds is 3. The smallest absolute Gasteiger partial charge is 0.161 e. The molecule has 1 aliphatic rings. The molecule has 0 N–H and O–H groups in total. The Kier molecular flexibility index (Phi) is 2.91. The third kappa shape index (κ3) is 1.87. The van der Waals surface area contributed by atoms with Crippen LogP contribution in [-0.4, -0.2) is 19.5 Å². The number of ether oxygens (including phenoxy) is 2. The van der Waals surface area contributed by atoms with Gasteiger partial charge in [-0.1, -0.05) is 26.8 Å². The third-order valence-electron chi connectivity index (χ3n) is 2.76. The van der Waals surface area contributed by atoms with Crippen molar-refractivity contribution in [3.05, 3.63) is 12.7 Å². The van der Waals surface area contributed by atoms with Crippen LogP contribution >= 0.6 is 0 Å². The average Bonchev–Trinajstić information content (AvgIpc) is 2.55. The second-order valence-electron chi connectivity index (χ2n) is 3.92. The van der Waals surface area contributed by atoms with E-state index >= 15 is 0 Å². The van der Waals surface area contributed by atoms with E-state index in [1.807, 2.05) is 6.08 Å². The van der Waals surface area contributed by atoms with E-state index in [2.05, 4.69) is 27.4 Å². The van der Waals surface area contributed by atoms with Crippen LogP contribution in [0.1, 0.15) is 20.8 Å². The molecular weight excluding hydrogens is 152 g/mol. The molecule has 0 saturated carbocycles. The van der Waals surface area contributed by atoms with Crippen LogP contribution < -0.4 is 0 Å². The largest absolute Gasteiger partial charge is 0.350 e. The van der Waals surface area contributed by atoms with Crippen LogP contribution in [0.25, 0.3) is 0 Å². The van der Waals surface area contributed by atoms with Gasteiger partial charge in [0.1, 0.15) is 0 Å². The molecule has 1 aliphatic heterocycles. The minimum atomic E-state index is -0.0435. The average molecular weight is 170 g/mol. The van der Waals surface area contributed by atoms with Crippen molar-refractivity contribution < 1.29 is 9.47 Å². The van der Waals surface area contributed by atoms with Gasteiger partial charge in [-0.2, -0.15) is 0 Å². The summed E-state index contributed by atoms with van der Waals surface area (Å²) in [5.74, 6) is 0.359. The van der Waals surface area contributed by atoms with Gasteiger partial charge < -0.3 is 9.47 Å². The highest BCUT2D eigenvalue weighted by Gasteiger charge is 2.33. The van der Waals surface area contributed by atoms with E-state index in [-0.39, 0.29) is 11.7 Å². The van der Waals surface area contributed by atoms with E-state index in [1.165, 1.54) is 0 Å². The Labute approximate surface area is 74.6 Å². The highest BCUT2D eigenvalue weighted by Crippen LogP contribution is 2.33. The zero-order valence-electron chi connectivity index (χ0n) is 8.17. The standard InChI is InChI=1S/C10H18O2/c1-5-10(3,4)8(2)9-11-6-7-12-9/h5,8-9H,1,6-7H2,2-4H3. The minimum absolute atomic E-state index is 0.0435. The van der Waals surface area contributed by atoms with Crippen molar-refractivity contribution in [1.82, 2.24) is 0 Å². The first kappa shape index (κ1) is 9.75. The summed E-state index contributed by atoms with van der Waals surface area (Å²) in [5, 5.41) is 0.